The van der Waals surface area contributed by atoms with Gasteiger partial charge in [-0.15, -0.1) is 0 Å². The molecule has 1 amide bonds. The molecule has 0 radical (unpaired) electrons. The third kappa shape index (κ3) is 3.69. The van der Waals surface area contributed by atoms with Crippen LogP contribution in [0.2, 0.25) is 0 Å². The number of aromatic nitrogens is 1. The second-order valence-electron chi connectivity index (χ2n) is 7.11. The predicted octanol–water partition coefficient (Wildman–Crippen LogP) is 6.19. The highest BCUT2D eigenvalue weighted by Crippen LogP contribution is 2.33. The van der Waals surface area contributed by atoms with Crippen molar-refractivity contribution in [3.63, 3.8) is 0 Å². The molecular weight excluding hydrogens is 364 g/mol. The van der Waals surface area contributed by atoms with E-state index in [4.69, 9.17) is 4.98 Å². The van der Waals surface area contributed by atoms with Crippen LogP contribution in [0.15, 0.2) is 78.9 Å². The molecule has 4 aromatic rings. The molecule has 3 aromatic carbocycles. The average Bonchev–Trinajstić information content (AvgIpc) is 3.12. The Kier molecular flexibility index (Phi) is 5.22. The molecule has 0 aliphatic carbocycles. The smallest absolute Gasteiger partial charge is 0.238 e. The molecule has 0 aliphatic heterocycles. The second-order valence-corrected chi connectivity index (χ2v) is 8.14. The zero-order chi connectivity index (χ0) is 19.5. The van der Waals surface area contributed by atoms with Crippen LogP contribution in [-0.2, 0) is 4.79 Å². The van der Waals surface area contributed by atoms with Crippen molar-refractivity contribution in [2.24, 2.45) is 0 Å². The molecule has 0 bridgehead atoms. The lowest BCUT2D eigenvalue weighted by atomic mass is 9.90. The molecule has 4 heteroatoms. The Bertz CT molecular complexity index is 1050. The first-order valence-electron chi connectivity index (χ1n) is 9.43. The van der Waals surface area contributed by atoms with E-state index in [1.807, 2.05) is 60.7 Å². The minimum Gasteiger partial charge on any atom is -0.301 e. The highest BCUT2D eigenvalue weighted by Gasteiger charge is 2.24. The summed E-state index contributed by atoms with van der Waals surface area (Å²) in [7, 11) is 0. The Labute approximate surface area is 169 Å². The summed E-state index contributed by atoms with van der Waals surface area (Å²) >= 11 is 1.52. The zero-order valence-electron chi connectivity index (χ0n) is 15.9. The molecule has 0 atom stereocenters. The topological polar surface area (TPSA) is 42.0 Å². The first kappa shape index (κ1) is 18.4. The lowest BCUT2D eigenvalue weighted by Crippen LogP contribution is -2.22. The SMILES string of the molecule is CC(C)c1cccc2sc(NC(=O)C(c3ccccc3)c3ccccc3)nc12. The fraction of sp³-hybridized carbons (Fsp3) is 0.167. The minimum absolute atomic E-state index is 0.0671. The molecule has 1 N–H and O–H groups in total. The van der Waals surface area contributed by atoms with E-state index in [0.717, 1.165) is 21.3 Å². The third-order valence-corrected chi connectivity index (χ3v) is 5.77. The standard InChI is InChI=1S/C24H22N2OS/c1-16(2)19-14-9-15-20-22(19)25-24(28-20)26-23(27)21(17-10-5-3-6-11-17)18-12-7-4-8-13-18/h3-16,21H,1-2H3,(H,25,26,27). The van der Waals surface area contributed by atoms with E-state index in [9.17, 15) is 4.79 Å². The van der Waals surface area contributed by atoms with Crippen LogP contribution in [0.3, 0.4) is 0 Å². The number of nitrogens with one attached hydrogen (secondary N) is 1. The molecule has 1 aromatic heterocycles. The van der Waals surface area contributed by atoms with Gasteiger partial charge in [0, 0.05) is 0 Å². The number of amides is 1. The van der Waals surface area contributed by atoms with Crippen LogP contribution in [0.4, 0.5) is 5.13 Å². The maximum Gasteiger partial charge on any atom is 0.238 e. The highest BCUT2D eigenvalue weighted by molar-refractivity contribution is 7.22. The van der Waals surface area contributed by atoms with E-state index in [1.165, 1.54) is 16.9 Å². The molecule has 28 heavy (non-hydrogen) atoms. The third-order valence-electron chi connectivity index (χ3n) is 4.83. The van der Waals surface area contributed by atoms with E-state index in [2.05, 4.69) is 37.4 Å². The Morgan fingerprint density at radius 3 is 2.04 bits per heavy atom. The molecule has 0 spiro atoms. The summed E-state index contributed by atoms with van der Waals surface area (Å²) in [5, 5.41) is 3.71. The number of para-hydroxylation sites is 1. The van der Waals surface area contributed by atoms with Crippen molar-refractivity contribution in [3.8, 4) is 0 Å². The van der Waals surface area contributed by atoms with Gasteiger partial charge in [-0.05, 0) is 28.7 Å². The number of benzene rings is 3. The van der Waals surface area contributed by atoms with E-state index in [-0.39, 0.29) is 11.8 Å². The summed E-state index contributed by atoms with van der Waals surface area (Å²) in [6.07, 6.45) is 0. The van der Waals surface area contributed by atoms with Gasteiger partial charge in [0.15, 0.2) is 5.13 Å². The first-order valence-corrected chi connectivity index (χ1v) is 10.3. The van der Waals surface area contributed by atoms with Crippen LogP contribution in [0.5, 0.6) is 0 Å². The molecule has 3 nitrogen and oxygen atoms in total. The maximum absolute atomic E-state index is 13.3. The van der Waals surface area contributed by atoms with Crippen molar-refractivity contribution >= 4 is 32.6 Å². The number of hydrogen-bond acceptors (Lipinski definition) is 3. The Balaban J connectivity index is 1.69. The fourth-order valence-electron chi connectivity index (χ4n) is 3.45. The van der Waals surface area contributed by atoms with Gasteiger partial charge in [-0.1, -0.05) is 98.0 Å². The Morgan fingerprint density at radius 2 is 1.46 bits per heavy atom. The van der Waals surface area contributed by atoms with Gasteiger partial charge in [0.2, 0.25) is 5.91 Å². The van der Waals surface area contributed by atoms with Gasteiger partial charge in [0.05, 0.1) is 16.1 Å². The van der Waals surface area contributed by atoms with Crippen molar-refractivity contribution < 1.29 is 4.79 Å². The van der Waals surface area contributed by atoms with E-state index >= 15 is 0 Å². The quantitative estimate of drug-likeness (QED) is 0.444. The van der Waals surface area contributed by atoms with Crippen molar-refractivity contribution in [2.45, 2.75) is 25.7 Å². The van der Waals surface area contributed by atoms with E-state index < -0.39 is 0 Å². The molecule has 140 valence electrons. The summed E-state index contributed by atoms with van der Waals surface area (Å²) in [4.78, 5) is 18.0. The molecule has 0 saturated carbocycles. The largest absolute Gasteiger partial charge is 0.301 e. The first-order chi connectivity index (χ1) is 13.6. The summed E-state index contributed by atoms with van der Waals surface area (Å²) in [5.41, 5.74) is 4.12. The number of hydrogen-bond donors (Lipinski definition) is 1. The Morgan fingerprint density at radius 1 is 0.857 bits per heavy atom. The number of nitrogens with zero attached hydrogens (tertiary/aromatic N) is 1. The van der Waals surface area contributed by atoms with Crippen molar-refractivity contribution in [3.05, 3.63) is 95.6 Å². The van der Waals surface area contributed by atoms with Gasteiger partial charge in [-0.3, -0.25) is 4.79 Å². The fourth-order valence-corrected chi connectivity index (χ4v) is 4.36. The Hall–Kier alpha value is -2.98. The molecular formula is C24H22N2OS. The zero-order valence-corrected chi connectivity index (χ0v) is 16.7. The summed E-state index contributed by atoms with van der Waals surface area (Å²) in [5.74, 6) is -0.0581. The van der Waals surface area contributed by atoms with Crippen molar-refractivity contribution in [2.75, 3.05) is 5.32 Å². The van der Waals surface area contributed by atoms with Crippen molar-refractivity contribution in [1.29, 1.82) is 0 Å². The summed E-state index contributed by atoms with van der Waals surface area (Å²) in [6.45, 7) is 4.32. The summed E-state index contributed by atoms with van der Waals surface area (Å²) in [6, 6.07) is 26.0. The number of carbonyl (C=O) groups is 1. The molecule has 0 fully saturated rings. The van der Waals surface area contributed by atoms with Crippen LogP contribution >= 0.6 is 11.3 Å². The molecule has 0 saturated heterocycles. The van der Waals surface area contributed by atoms with Gasteiger partial charge in [0.25, 0.3) is 0 Å². The van der Waals surface area contributed by atoms with Gasteiger partial charge < -0.3 is 5.32 Å². The molecule has 1 heterocycles. The van der Waals surface area contributed by atoms with Crippen molar-refractivity contribution in [1.82, 2.24) is 4.98 Å². The lowest BCUT2D eigenvalue weighted by molar-refractivity contribution is -0.116. The number of anilines is 1. The van der Waals surface area contributed by atoms with E-state index in [1.54, 1.807) is 0 Å². The molecule has 0 aliphatic rings. The van der Waals surface area contributed by atoms with Gasteiger partial charge >= 0.3 is 0 Å². The van der Waals surface area contributed by atoms with E-state index in [0.29, 0.717) is 11.0 Å². The van der Waals surface area contributed by atoms with Crippen LogP contribution in [0, 0.1) is 0 Å². The number of fused-ring (bicyclic) bond motifs is 1. The van der Waals surface area contributed by atoms with Gasteiger partial charge in [0.1, 0.15) is 0 Å². The number of rotatable bonds is 5. The molecule has 0 unspecified atom stereocenters. The van der Waals surface area contributed by atoms with Gasteiger partial charge in [-0.25, -0.2) is 4.98 Å². The monoisotopic (exact) mass is 386 g/mol. The van der Waals surface area contributed by atoms with Crippen LogP contribution in [-0.4, -0.2) is 10.9 Å². The van der Waals surface area contributed by atoms with Gasteiger partial charge in [-0.2, -0.15) is 0 Å². The van der Waals surface area contributed by atoms with Crippen LogP contribution in [0.25, 0.3) is 10.2 Å². The second kappa shape index (κ2) is 7.95. The maximum atomic E-state index is 13.3. The molecule has 4 rings (SSSR count). The van der Waals surface area contributed by atoms with Crippen LogP contribution in [0.1, 0.15) is 42.4 Å². The minimum atomic E-state index is -0.376. The highest BCUT2D eigenvalue weighted by atomic mass is 32.1. The summed E-state index contributed by atoms with van der Waals surface area (Å²) < 4.78 is 1.09. The predicted molar refractivity (Wildman–Crippen MR) is 117 cm³/mol. The number of carbonyl (C=O) groups excluding carboxylic acids is 1. The normalized spacial score (nSPS) is 11.3. The van der Waals surface area contributed by atoms with Crippen LogP contribution < -0.4 is 5.32 Å². The average molecular weight is 387 g/mol. The lowest BCUT2D eigenvalue weighted by Gasteiger charge is -2.17. The number of thiazole rings is 1.